The van der Waals surface area contributed by atoms with Crippen molar-refractivity contribution in [2.45, 2.75) is 13.0 Å². The Kier molecular flexibility index (Phi) is 2.83. The van der Waals surface area contributed by atoms with Gasteiger partial charge in [-0.1, -0.05) is 12.1 Å². The first-order valence-corrected chi connectivity index (χ1v) is 5.49. The summed E-state index contributed by atoms with van der Waals surface area (Å²) in [6.45, 7) is 2.73. The normalized spacial score (nSPS) is 13.0. The predicted octanol–water partition coefficient (Wildman–Crippen LogP) is 1.36. The molecule has 0 fully saturated rings. The Labute approximate surface area is 95.6 Å². The lowest BCUT2D eigenvalue weighted by atomic mass is 10.2. The second-order valence-electron chi connectivity index (χ2n) is 4.16. The van der Waals surface area contributed by atoms with Crippen molar-refractivity contribution >= 4 is 16.7 Å². The summed E-state index contributed by atoms with van der Waals surface area (Å²) in [5.41, 5.74) is 6.83. The fraction of sp³-hybridized carbons (Fsp3) is 0.417. The number of fused-ring (bicyclic) bond motifs is 1. The summed E-state index contributed by atoms with van der Waals surface area (Å²) in [5, 5.41) is 5.72. The highest BCUT2D eigenvalue weighted by Gasteiger charge is 2.15. The number of aromatic nitrogens is 2. The number of benzene rings is 1. The zero-order valence-electron chi connectivity index (χ0n) is 10.0. The van der Waals surface area contributed by atoms with Gasteiger partial charge in [-0.15, -0.1) is 0 Å². The lowest BCUT2D eigenvalue weighted by Crippen LogP contribution is -2.35. The molecule has 16 heavy (non-hydrogen) atoms. The van der Waals surface area contributed by atoms with E-state index in [-0.39, 0.29) is 0 Å². The van der Waals surface area contributed by atoms with Crippen molar-refractivity contribution < 1.29 is 0 Å². The van der Waals surface area contributed by atoms with Crippen LogP contribution < -0.4 is 10.6 Å². The molecule has 1 aromatic carbocycles. The van der Waals surface area contributed by atoms with Crippen LogP contribution in [0.1, 0.15) is 6.92 Å². The minimum atomic E-state index is 0.290. The minimum Gasteiger partial charge on any atom is -0.354 e. The summed E-state index contributed by atoms with van der Waals surface area (Å²) >= 11 is 0. The van der Waals surface area contributed by atoms with E-state index in [1.807, 2.05) is 30.9 Å². The van der Waals surface area contributed by atoms with Crippen LogP contribution in [-0.2, 0) is 7.05 Å². The van der Waals surface area contributed by atoms with Gasteiger partial charge in [-0.05, 0) is 19.1 Å². The van der Waals surface area contributed by atoms with Crippen molar-refractivity contribution in [1.82, 2.24) is 9.78 Å². The quantitative estimate of drug-likeness (QED) is 0.846. The third-order valence-corrected chi connectivity index (χ3v) is 3.07. The highest BCUT2D eigenvalue weighted by Crippen LogP contribution is 2.25. The van der Waals surface area contributed by atoms with Crippen LogP contribution >= 0.6 is 0 Å². The number of likely N-dealkylation sites (N-methyl/N-ethyl adjacent to an activating group) is 1. The molecule has 2 aromatic rings. The van der Waals surface area contributed by atoms with Gasteiger partial charge < -0.3 is 10.6 Å². The van der Waals surface area contributed by atoms with E-state index < -0.39 is 0 Å². The first-order valence-electron chi connectivity index (χ1n) is 5.49. The van der Waals surface area contributed by atoms with Crippen LogP contribution in [0.4, 0.5) is 5.82 Å². The van der Waals surface area contributed by atoms with E-state index in [4.69, 9.17) is 5.73 Å². The van der Waals surface area contributed by atoms with Gasteiger partial charge in [-0.2, -0.15) is 5.10 Å². The molecule has 2 N–H and O–H groups in total. The minimum absolute atomic E-state index is 0.290. The fourth-order valence-electron chi connectivity index (χ4n) is 1.82. The smallest absolute Gasteiger partial charge is 0.158 e. The van der Waals surface area contributed by atoms with Crippen LogP contribution in [0.5, 0.6) is 0 Å². The maximum Gasteiger partial charge on any atom is 0.158 e. The first kappa shape index (κ1) is 11.0. The standard InChI is InChI=1S/C12H18N4/c1-9(8-13)15(2)12-10-6-4-5-7-11(10)16(3)14-12/h4-7,9H,8,13H2,1-3H3. The van der Waals surface area contributed by atoms with E-state index >= 15 is 0 Å². The number of nitrogens with zero attached hydrogens (tertiary/aromatic N) is 3. The molecule has 0 aliphatic heterocycles. The summed E-state index contributed by atoms with van der Waals surface area (Å²) in [5.74, 6) is 0.996. The summed E-state index contributed by atoms with van der Waals surface area (Å²) in [4.78, 5) is 2.13. The SMILES string of the molecule is CC(CN)N(C)c1nn(C)c2ccccc12. The van der Waals surface area contributed by atoms with Crippen LogP contribution in [0.15, 0.2) is 24.3 Å². The molecule has 2 rings (SSSR count). The maximum absolute atomic E-state index is 5.68. The van der Waals surface area contributed by atoms with Crippen molar-refractivity contribution in [3.8, 4) is 0 Å². The molecule has 4 nitrogen and oxygen atoms in total. The van der Waals surface area contributed by atoms with Crippen molar-refractivity contribution in [1.29, 1.82) is 0 Å². The van der Waals surface area contributed by atoms with Crippen LogP contribution in [0.2, 0.25) is 0 Å². The molecule has 0 spiro atoms. The van der Waals surface area contributed by atoms with Crippen molar-refractivity contribution in [3.63, 3.8) is 0 Å². The monoisotopic (exact) mass is 218 g/mol. The lowest BCUT2D eigenvalue weighted by Gasteiger charge is -2.23. The number of para-hydroxylation sites is 1. The Hall–Kier alpha value is -1.55. The maximum atomic E-state index is 5.68. The van der Waals surface area contributed by atoms with Crippen LogP contribution in [0.25, 0.3) is 10.9 Å². The van der Waals surface area contributed by atoms with Gasteiger partial charge in [-0.3, -0.25) is 4.68 Å². The third kappa shape index (κ3) is 1.65. The molecule has 1 unspecified atom stereocenters. The Morgan fingerprint density at radius 3 is 2.81 bits per heavy atom. The Morgan fingerprint density at radius 1 is 1.44 bits per heavy atom. The number of aryl methyl sites for hydroxylation is 1. The second kappa shape index (κ2) is 4.14. The zero-order chi connectivity index (χ0) is 11.7. The topological polar surface area (TPSA) is 47.1 Å². The molecule has 0 aliphatic carbocycles. The molecular weight excluding hydrogens is 200 g/mol. The number of hydrogen-bond acceptors (Lipinski definition) is 3. The van der Waals surface area contributed by atoms with Gasteiger partial charge in [-0.25, -0.2) is 0 Å². The van der Waals surface area contributed by atoms with Crippen molar-refractivity contribution in [2.24, 2.45) is 12.8 Å². The van der Waals surface area contributed by atoms with Gasteiger partial charge in [0.05, 0.1) is 5.52 Å². The summed E-state index contributed by atoms with van der Waals surface area (Å²) < 4.78 is 1.91. The first-order chi connectivity index (χ1) is 7.65. The molecule has 0 saturated carbocycles. The van der Waals surface area contributed by atoms with Gasteiger partial charge in [0, 0.05) is 32.1 Å². The number of hydrogen-bond donors (Lipinski definition) is 1. The third-order valence-electron chi connectivity index (χ3n) is 3.07. The molecule has 1 aromatic heterocycles. The Bertz CT molecular complexity index is 489. The summed E-state index contributed by atoms with van der Waals surface area (Å²) in [6.07, 6.45) is 0. The number of nitrogens with two attached hydrogens (primary N) is 1. The second-order valence-corrected chi connectivity index (χ2v) is 4.16. The molecule has 1 heterocycles. The molecule has 1 atom stereocenters. The molecule has 0 amide bonds. The Morgan fingerprint density at radius 2 is 2.12 bits per heavy atom. The molecule has 4 heteroatoms. The highest BCUT2D eigenvalue weighted by atomic mass is 15.3. The molecule has 0 saturated heterocycles. The molecular formula is C12H18N4. The average molecular weight is 218 g/mol. The van der Waals surface area contributed by atoms with Gasteiger partial charge in [0.1, 0.15) is 0 Å². The van der Waals surface area contributed by atoms with Crippen molar-refractivity contribution in [3.05, 3.63) is 24.3 Å². The molecule has 0 bridgehead atoms. The summed E-state index contributed by atoms with van der Waals surface area (Å²) in [7, 11) is 4.00. The molecule has 86 valence electrons. The summed E-state index contributed by atoms with van der Waals surface area (Å²) in [6, 6.07) is 8.53. The van der Waals surface area contributed by atoms with Crippen molar-refractivity contribution in [2.75, 3.05) is 18.5 Å². The average Bonchev–Trinajstić information content (AvgIpc) is 2.65. The predicted molar refractivity (Wildman–Crippen MR) is 67.6 cm³/mol. The van der Waals surface area contributed by atoms with Gasteiger partial charge >= 0.3 is 0 Å². The van der Waals surface area contributed by atoms with E-state index in [2.05, 4.69) is 29.1 Å². The van der Waals surface area contributed by atoms with E-state index in [0.717, 1.165) is 11.3 Å². The number of rotatable bonds is 3. The van der Waals surface area contributed by atoms with E-state index in [1.54, 1.807) is 0 Å². The fourth-order valence-corrected chi connectivity index (χ4v) is 1.82. The molecule has 0 radical (unpaired) electrons. The van der Waals surface area contributed by atoms with E-state index in [0.29, 0.717) is 12.6 Å². The zero-order valence-corrected chi connectivity index (χ0v) is 10.0. The highest BCUT2D eigenvalue weighted by molar-refractivity contribution is 5.90. The van der Waals surface area contributed by atoms with Gasteiger partial charge in [0.25, 0.3) is 0 Å². The van der Waals surface area contributed by atoms with Crippen LogP contribution in [0.3, 0.4) is 0 Å². The number of anilines is 1. The van der Waals surface area contributed by atoms with E-state index in [9.17, 15) is 0 Å². The molecule has 0 aliphatic rings. The van der Waals surface area contributed by atoms with Crippen LogP contribution in [0, 0.1) is 0 Å². The largest absolute Gasteiger partial charge is 0.354 e. The van der Waals surface area contributed by atoms with Crippen LogP contribution in [-0.4, -0.2) is 29.4 Å². The van der Waals surface area contributed by atoms with Gasteiger partial charge in [0.15, 0.2) is 5.82 Å². The van der Waals surface area contributed by atoms with Gasteiger partial charge in [0.2, 0.25) is 0 Å². The Balaban J connectivity index is 2.52. The van der Waals surface area contributed by atoms with E-state index in [1.165, 1.54) is 5.39 Å². The lowest BCUT2D eigenvalue weighted by molar-refractivity contribution is 0.676.